The monoisotopic (exact) mass is 446 g/mol. The molecule has 0 aliphatic carbocycles. The van der Waals surface area contributed by atoms with Gasteiger partial charge < -0.3 is 9.47 Å². The summed E-state index contributed by atoms with van der Waals surface area (Å²) in [6, 6.07) is 15.6. The Labute approximate surface area is 183 Å². The molecule has 0 bridgehead atoms. The molecule has 0 radical (unpaired) electrons. The summed E-state index contributed by atoms with van der Waals surface area (Å²) in [5.41, 5.74) is 4.16. The van der Waals surface area contributed by atoms with E-state index in [1.54, 1.807) is 36.4 Å². The summed E-state index contributed by atoms with van der Waals surface area (Å²) in [5, 5.41) is 4.98. The number of methoxy groups -OCH3 is 1. The van der Waals surface area contributed by atoms with Crippen LogP contribution in [-0.2, 0) is 6.61 Å². The quantitative estimate of drug-likeness (QED) is 0.385. The van der Waals surface area contributed by atoms with Crippen molar-refractivity contribution in [3.63, 3.8) is 0 Å². The number of carbonyl (C=O) groups excluding carboxylic acids is 1. The summed E-state index contributed by atoms with van der Waals surface area (Å²) in [6.07, 6.45) is 1.46. The Morgan fingerprint density at radius 1 is 1.07 bits per heavy atom. The Morgan fingerprint density at radius 2 is 1.83 bits per heavy atom. The zero-order valence-electron chi connectivity index (χ0n) is 15.9. The summed E-state index contributed by atoms with van der Waals surface area (Å²) in [4.78, 5) is 12.0. The van der Waals surface area contributed by atoms with Crippen LogP contribution >= 0.6 is 23.2 Å². The third-order valence-electron chi connectivity index (χ3n) is 4.07. The Bertz CT molecular complexity index is 1070. The topological polar surface area (TPSA) is 59.9 Å². The summed E-state index contributed by atoms with van der Waals surface area (Å²) >= 11 is 12.1. The number of amides is 1. The highest BCUT2D eigenvalue weighted by Gasteiger charge is 2.08. The fourth-order valence-corrected chi connectivity index (χ4v) is 2.97. The first kappa shape index (κ1) is 21.6. The molecule has 30 heavy (non-hydrogen) atoms. The number of benzene rings is 3. The zero-order chi connectivity index (χ0) is 21.5. The lowest BCUT2D eigenvalue weighted by molar-refractivity contribution is 0.0955. The van der Waals surface area contributed by atoms with Crippen molar-refractivity contribution in [2.75, 3.05) is 7.11 Å². The predicted molar refractivity (Wildman–Crippen MR) is 115 cm³/mol. The highest BCUT2D eigenvalue weighted by molar-refractivity contribution is 6.35. The normalized spacial score (nSPS) is 10.8. The summed E-state index contributed by atoms with van der Waals surface area (Å²) in [5.74, 6) is 0.158. The number of hydrogen-bond donors (Lipinski definition) is 1. The molecule has 0 heterocycles. The van der Waals surface area contributed by atoms with E-state index in [-0.39, 0.29) is 6.61 Å². The summed E-state index contributed by atoms with van der Waals surface area (Å²) in [7, 11) is 1.52. The van der Waals surface area contributed by atoms with Crippen LogP contribution in [0.3, 0.4) is 0 Å². The number of nitrogens with one attached hydrogen (secondary N) is 1. The van der Waals surface area contributed by atoms with Gasteiger partial charge >= 0.3 is 0 Å². The average Bonchev–Trinajstić information content (AvgIpc) is 2.74. The van der Waals surface area contributed by atoms with E-state index < -0.39 is 11.7 Å². The van der Waals surface area contributed by atoms with Gasteiger partial charge in [-0.15, -0.1) is 0 Å². The van der Waals surface area contributed by atoms with Crippen LogP contribution in [0.25, 0.3) is 0 Å². The van der Waals surface area contributed by atoms with E-state index in [0.29, 0.717) is 32.7 Å². The van der Waals surface area contributed by atoms with Crippen molar-refractivity contribution < 1.29 is 18.7 Å². The van der Waals surface area contributed by atoms with Crippen molar-refractivity contribution in [1.29, 1.82) is 0 Å². The number of hydrogen-bond acceptors (Lipinski definition) is 4. The number of carbonyl (C=O) groups is 1. The molecule has 5 nitrogen and oxygen atoms in total. The van der Waals surface area contributed by atoms with Crippen molar-refractivity contribution in [3.8, 4) is 11.5 Å². The van der Waals surface area contributed by atoms with Gasteiger partial charge in [-0.2, -0.15) is 5.10 Å². The van der Waals surface area contributed by atoms with Gasteiger partial charge in [0.2, 0.25) is 0 Å². The van der Waals surface area contributed by atoms with Crippen LogP contribution in [0, 0.1) is 5.82 Å². The molecule has 0 atom stereocenters. The number of hydrazone groups is 1. The summed E-state index contributed by atoms with van der Waals surface area (Å²) < 4.78 is 24.1. The molecule has 0 spiro atoms. The molecule has 0 saturated heterocycles. The molecule has 1 amide bonds. The number of nitrogens with zero attached hydrogens (tertiary/aromatic N) is 1. The van der Waals surface area contributed by atoms with E-state index in [0.717, 1.165) is 5.56 Å². The third-order valence-corrected chi connectivity index (χ3v) is 4.66. The smallest absolute Gasteiger partial charge is 0.271 e. The Balaban J connectivity index is 1.63. The van der Waals surface area contributed by atoms with Gasteiger partial charge in [-0.25, -0.2) is 9.82 Å². The van der Waals surface area contributed by atoms with E-state index in [4.69, 9.17) is 32.7 Å². The maximum Gasteiger partial charge on any atom is 0.271 e. The minimum atomic E-state index is -0.446. The Hall–Kier alpha value is -3.09. The van der Waals surface area contributed by atoms with Crippen molar-refractivity contribution >= 4 is 35.3 Å². The van der Waals surface area contributed by atoms with Crippen LogP contribution < -0.4 is 14.9 Å². The molecule has 1 N–H and O–H groups in total. The fraction of sp³-hybridized carbons (Fsp3) is 0.0909. The second-order valence-electron chi connectivity index (χ2n) is 6.14. The van der Waals surface area contributed by atoms with E-state index >= 15 is 0 Å². The lowest BCUT2D eigenvalue weighted by atomic mass is 10.2. The van der Waals surface area contributed by atoms with E-state index in [2.05, 4.69) is 10.5 Å². The minimum absolute atomic E-state index is 0.244. The first-order valence-corrected chi connectivity index (χ1v) is 9.55. The zero-order valence-corrected chi connectivity index (χ0v) is 17.4. The second kappa shape index (κ2) is 10.1. The maximum absolute atomic E-state index is 12.9. The van der Waals surface area contributed by atoms with Crippen LogP contribution in [0.1, 0.15) is 21.5 Å². The van der Waals surface area contributed by atoms with Gasteiger partial charge in [0, 0.05) is 21.2 Å². The van der Waals surface area contributed by atoms with Crippen LogP contribution in [0.2, 0.25) is 10.0 Å². The van der Waals surface area contributed by atoms with Crippen LogP contribution in [0.5, 0.6) is 11.5 Å². The van der Waals surface area contributed by atoms with Gasteiger partial charge in [-0.1, -0.05) is 29.3 Å². The Morgan fingerprint density at radius 3 is 2.53 bits per heavy atom. The molecule has 0 fully saturated rings. The molecule has 3 rings (SSSR count). The number of rotatable bonds is 7. The standard InChI is InChI=1S/C22H17Cl2FN2O3/c1-29-21-10-14(12-26-27-22(28)15-4-7-18(25)8-5-15)2-9-20(21)30-13-16-3-6-17(23)11-19(16)24/h2-12H,13H2,1H3,(H,27,28)/b26-12-. The number of ether oxygens (including phenoxy) is 2. The molecule has 0 aliphatic heterocycles. The molecular weight excluding hydrogens is 430 g/mol. The SMILES string of the molecule is COc1cc(/C=N\NC(=O)c2ccc(F)cc2)ccc1OCc1ccc(Cl)cc1Cl. The van der Waals surface area contributed by atoms with Crippen molar-refractivity contribution in [2.24, 2.45) is 5.10 Å². The molecule has 0 aliphatic rings. The van der Waals surface area contributed by atoms with E-state index in [1.807, 2.05) is 0 Å². The van der Waals surface area contributed by atoms with Gasteiger partial charge in [0.1, 0.15) is 12.4 Å². The molecule has 154 valence electrons. The average molecular weight is 447 g/mol. The first-order chi connectivity index (χ1) is 14.5. The summed E-state index contributed by atoms with van der Waals surface area (Å²) in [6.45, 7) is 0.244. The lowest BCUT2D eigenvalue weighted by Crippen LogP contribution is -2.17. The largest absolute Gasteiger partial charge is 0.493 e. The van der Waals surface area contributed by atoms with Crippen LogP contribution in [0.15, 0.2) is 65.8 Å². The molecule has 0 saturated carbocycles. The molecule has 3 aromatic rings. The van der Waals surface area contributed by atoms with Crippen LogP contribution in [0.4, 0.5) is 4.39 Å². The van der Waals surface area contributed by atoms with Gasteiger partial charge in [0.05, 0.1) is 13.3 Å². The number of halogens is 3. The van der Waals surface area contributed by atoms with Gasteiger partial charge in [0.15, 0.2) is 11.5 Å². The first-order valence-electron chi connectivity index (χ1n) is 8.80. The second-order valence-corrected chi connectivity index (χ2v) is 6.98. The Kier molecular flexibility index (Phi) is 7.27. The molecule has 3 aromatic carbocycles. The third kappa shape index (κ3) is 5.72. The highest BCUT2D eigenvalue weighted by atomic mass is 35.5. The fourth-order valence-electron chi connectivity index (χ4n) is 2.51. The van der Waals surface area contributed by atoms with E-state index in [1.165, 1.54) is 37.6 Å². The van der Waals surface area contributed by atoms with Gasteiger partial charge in [-0.05, 0) is 60.2 Å². The highest BCUT2D eigenvalue weighted by Crippen LogP contribution is 2.29. The predicted octanol–water partition coefficient (Wildman–Crippen LogP) is 5.48. The van der Waals surface area contributed by atoms with Gasteiger partial charge in [-0.3, -0.25) is 4.79 Å². The van der Waals surface area contributed by atoms with Crippen molar-refractivity contribution in [3.05, 3.63) is 93.2 Å². The van der Waals surface area contributed by atoms with Crippen LogP contribution in [-0.4, -0.2) is 19.2 Å². The molecular formula is C22H17Cl2FN2O3. The molecule has 0 unspecified atom stereocenters. The van der Waals surface area contributed by atoms with Crippen molar-refractivity contribution in [2.45, 2.75) is 6.61 Å². The maximum atomic E-state index is 12.9. The molecule has 0 aromatic heterocycles. The van der Waals surface area contributed by atoms with Crippen molar-refractivity contribution in [1.82, 2.24) is 5.43 Å². The minimum Gasteiger partial charge on any atom is -0.493 e. The van der Waals surface area contributed by atoms with Gasteiger partial charge in [0.25, 0.3) is 5.91 Å². The lowest BCUT2D eigenvalue weighted by Gasteiger charge is -2.12. The van der Waals surface area contributed by atoms with E-state index in [9.17, 15) is 9.18 Å². The molecule has 8 heteroatoms.